The molecular formula is C14H21N3O4S. The number of β-amino-alcohol motifs (C(OH)–C–C–N with tert-alkyl or cyclic N) is 1. The number of amides is 1. The van der Waals surface area contributed by atoms with E-state index >= 15 is 0 Å². The van der Waals surface area contributed by atoms with Gasteiger partial charge in [0.25, 0.3) is 5.91 Å². The fraction of sp³-hybridized carbons (Fsp3) is 0.500. The summed E-state index contributed by atoms with van der Waals surface area (Å²) in [6.07, 6.45) is -0.591. The highest BCUT2D eigenvalue weighted by Crippen LogP contribution is 2.18. The Morgan fingerprint density at radius 3 is 2.64 bits per heavy atom. The van der Waals surface area contributed by atoms with Crippen LogP contribution in [0.15, 0.2) is 24.3 Å². The first kappa shape index (κ1) is 16.9. The molecule has 1 amide bonds. The van der Waals surface area contributed by atoms with Gasteiger partial charge in [-0.05, 0) is 31.8 Å². The fourth-order valence-electron chi connectivity index (χ4n) is 2.65. The Balaban J connectivity index is 2.15. The molecule has 122 valence electrons. The molecule has 7 nitrogen and oxygen atoms in total. The zero-order chi connectivity index (χ0) is 16.5. The standard InChI is InChI=1S/C14H21N3O4S/c1-16(2)12-7-17(8-13(12)18)14(19)11-5-3-4-10(6-11)9-22(15,20)21/h3-6,12-13,18H,7-9H2,1-2H3,(H2,15,20,21)/t12-,13-/m0/s1. The van der Waals surface area contributed by atoms with Crippen molar-refractivity contribution in [1.29, 1.82) is 0 Å². The van der Waals surface area contributed by atoms with Crippen LogP contribution in [0, 0.1) is 0 Å². The maximum atomic E-state index is 12.5. The minimum Gasteiger partial charge on any atom is -0.390 e. The maximum Gasteiger partial charge on any atom is 0.254 e. The molecule has 0 radical (unpaired) electrons. The van der Waals surface area contributed by atoms with Crippen LogP contribution in [-0.2, 0) is 15.8 Å². The van der Waals surface area contributed by atoms with E-state index in [1.807, 2.05) is 19.0 Å². The minimum absolute atomic E-state index is 0.100. The zero-order valence-electron chi connectivity index (χ0n) is 12.6. The van der Waals surface area contributed by atoms with Gasteiger partial charge in [0.1, 0.15) is 0 Å². The summed E-state index contributed by atoms with van der Waals surface area (Å²) < 4.78 is 22.3. The number of carbonyl (C=O) groups excluding carboxylic acids is 1. The number of sulfonamides is 1. The zero-order valence-corrected chi connectivity index (χ0v) is 13.5. The molecule has 8 heteroatoms. The second-order valence-electron chi connectivity index (χ2n) is 5.82. The Kier molecular flexibility index (Phi) is 4.86. The first-order valence-electron chi connectivity index (χ1n) is 6.90. The van der Waals surface area contributed by atoms with Gasteiger partial charge in [0, 0.05) is 18.7 Å². The molecule has 0 bridgehead atoms. The van der Waals surface area contributed by atoms with Gasteiger partial charge in [0.05, 0.1) is 17.9 Å². The number of primary sulfonamides is 1. The summed E-state index contributed by atoms with van der Waals surface area (Å²) in [7, 11) is 0.0725. The molecule has 0 saturated carbocycles. The lowest BCUT2D eigenvalue weighted by molar-refractivity contribution is 0.0764. The molecule has 1 heterocycles. The third kappa shape index (κ3) is 4.04. The Hall–Kier alpha value is -1.48. The lowest BCUT2D eigenvalue weighted by atomic mass is 10.1. The van der Waals surface area contributed by atoms with E-state index in [0.29, 0.717) is 17.7 Å². The number of aliphatic hydroxyl groups is 1. The van der Waals surface area contributed by atoms with Crippen LogP contribution in [0.3, 0.4) is 0 Å². The van der Waals surface area contributed by atoms with E-state index in [4.69, 9.17) is 5.14 Å². The van der Waals surface area contributed by atoms with E-state index in [1.165, 1.54) is 6.07 Å². The van der Waals surface area contributed by atoms with Gasteiger partial charge in [0.2, 0.25) is 10.0 Å². The largest absolute Gasteiger partial charge is 0.390 e. The van der Waals surface area contributed by atoms with Crippen LogP contribution in [0.4, 0.5) is 0 Å². The summed E-state index contributed by atoms with van der Waals surface area (Å²) in [5, 5.41) is 15.0. The van der Waals surface area contributed by atoms with E-state index in [0.717, 1.165) is 0 Å². The van der Waals surface area contributed by atoms with Crippen LogP contribution in [0.2, 0.25) is 0 Å². The van der Waals surface area contributed by atoms with Crippen molar-refractivity contribution in [2.75, 3.05) is 27.2 Å². The molecule has 3 N–H and O–H groups in total. The number of benzene rings is 1. The molecule has 22 heavy (non-hydrogen) atoms. The van der Waals surface area contributed by atoms with E-state index in [9.17, 15) is 18.3 Å². The van der Waals surface area contributed by atoms with Gasteiger partial charge in [-0.15, -0.1) is 0 Å². The summed E-state index contributed by atoms with van der Waals surface area (Å²) in [5.41, 5.74) is 0.866. The Labute approximate surface area is 130 Å². The lowest BCUT2D eigenvalue weighted by Crippen LogP contribution is -2.38. The monoisotopic (exact) mass is 327 g/mol. The number of nitrogens with two attached hydrogens (primary N) is 1. The second kappa shape index (κ2) is 6.33. The average Bonchev–Trinajstić information content (AvgIpc) is 2.78. The van der Waals surface area contributed by atoms with Crippen molar-refractivity contribution in [3.8, 4) is 0 Å². The number of likely N-dealkylation sites (N-methyl/N-ethyl adjacent to an activating group) is 1. The summed E-state index contributed by atoms with van der Waals surface area (Å²) in [5.74, 6) is -0.531. The van der Waals surface area contributed by atoms with E-state index in [2.05, 4.69) is 0 Å². The van der Waals surface area contributed by atoms with Crippen LogP contribution in [0.25, 0.3) is 0 Å². The quantitative estimate of drug-likeness (QED) is 0.755. The first-order valence-corrected chi connectivity index (χ1v) is 8.62. The fourth-order valence-corrected chi connectivity index (χ4v) is 3.30. The molecule has 0 aliphatic carbocycles. The van der Waals surface area contributed by atoms with Crippen LogP contribution in [0.1, 0.15) is 15.9 Å². The van der Waals surface area contributed by atoms with Crippen LogP contribution >= 0.6 is 0 Å². The summed E-state index contributed by atoms with van der Waals surface area (Å²) >= 11 is 0. The lowest BCUT2D eigenvalue weighted by Gasteiger charge is -2.21. The number of nitrogens with zero attached hydrogens (tertiary/aromatic N) is 2. The molecule has 1 fully saturated rings. The van der Waals surface area contributed by atoms with Crippen LogP contribution in [0.5, 0.6) is 0 Å². The molecule has 1 aliphatic rings. The van der Waals surface area contributed by atoms with Crippen LogP contribution < -0.4 is 5.14 Å². The van der Waals surface area contributed by atoms with Gasteiger partial charge in [-0.3, -0.25) is 4.79 Å². The van der Waals surface area contributed by atoms with Gasteiger partial charge < -0.3 is 14.9 Å². The van der Waals surface area contributed by atoms with Gasteiger partial charge >= 0.3 is 0 Å². The molecule has 0 spiro atoms. The van der Waals surface area contributed by atoms with Crippen molar-refractivity contribution >= 4 is 15.9 Å². The summed E-state index contributed by atoms with van der Waals surface area (Å²) in [4.78, 5) is 16.0. The van der Waals surface area contributed by atoms with Crippen molar-refractivity contribution in [3.05, 3.63) is 35.4 Å². The van der Waals surface area contributed by atoms with E-state index < -0.39 is 16.1 Å². The summed E-state index contributed by atoms with van der Waals surface area (Å²) in [6.45, 7) is 0.702. The third-order valence-corrected chi connectivity index (χ3v) is 4.49. The second-order valence-corrected chi connectivity index (χ2v) is 7.43. The number of hydrogen-bond acceptors (Lipinski definition) is 5. The predicted octanol–water partition coefficient (Wildman–Crippen LogP) is -0.778. The van der Waals surface area contributed by atoms with E-state index in [-0.39, 0.29) is 24.2 Å². The number of rotatable bonds is 4. The van der Waals surface area contributed by atoms with Gasteiger partial charge in [-0.2, -0.15) is 0 Å². The molecule has 0 aromatic heterocycles. The van der Waals surface area contributed by atoms with E-state index in [1.54, 1.807) is 23.1 Å². The highest BCUT2D eigenvalue weighted by Gasteiger charge is 2.35. The Morgan fingerprint density at radius 2 is 2.09 bits per heavy atom. The Morgan fingerprint density at radius 1 is 1.41 bits per heavy atom. The van der Waals surface area contributed by atoms with Crippen molar-refractivity contribution < 1.29 is 18.3 Å². The minimum atomic E-state index is -3.64. The molecular weight excluding hydrogens is 306 g/mol. The van der Waals surface area contributed by atoms with Crippen molar-refractivity contribution in [3.63, 3.8) is 0 Å². The van der Waals surface area contributed by atoms with Crippen molar-refractivity contribution in [2.24, 2.45) is 5.14 Å². The van der Waals surface area contributed by atoms with Crippen molar-refractivity contribution in [2.45, 2.75) is 17.9 Å². The number of carbonyl (C=O) groups is 1. The third-order valence-electron chi connectivity index (χ3n) is 3.75. The van der Waals surface area contributed by atoms with Gasteiger partial charge in [-0.25, -0.2) is 13.6 Å². The van der Waals surface area contributed by atoms with Gasteiger partial charge in [-0.1, -0.05) is 12.1 Å². The topological polar surface area (TPSA) is 104 Å². The maximum absolute atomic E-state index is 12.5. The smallest absolute Gasteiger partial charge is 0.254 e. The molecule has 1 aliphatic heterocycles. The Bertz CT molecular complexity index is 660. The molecule has 0 unspecified atom stereocenters. The highest BCUT2D eigenvalue weighted by atomic mass is 32.2. The normalized spacial score (nSPS) is 22.3. The predicted molar refractivity (Wildman–Crippen MR) is 82.6 cm³/mol. The molecule has 1 saturated heterocycles. The first-order chi connectivity index (χ1) is 10.2. The number of aliphatic hydroxyl groups excluding tert-OH is 1. The van der Waals surface area contributed by atoms with Gasteiger partial charge in [0.15, 0.2) is 0 Å². The molecule has 2 atom stereocenters. The highest BCUT2D eigenvalue weighted by molar-refractivity contribution is 7.88. The summed E-state index contributed by atoms with van der Waals surface area (Å²) in [6, 6.07) is 6.30. The SMILES string of the molecule is CN(C)[C@H]1CN(C(=O)c2cccc(CS(N)(=O)=O)c2)C[C@@H]1O. The van der Waals surface area contributed by atoms with Crippen LogP contribution in [-0.4, -0.2) is 68.6 Å². The molecule has 2 rings (SSSR count). The number of hydrogen-bond donors (Lipinski definition) is 2. The number of likely N-dealkylation sites (tertiary alicyclic amines) is 1. The average molecular weight is 327 g/mol. The molecule has 1 aromatic carbocycles. The van der Waals surface area contributed by atoms with Crippen molar-refractivity contribution in [1.82, 2.24) is 9.80 Å². The molecule has 1 aromatic rings.